The van der Waals surface area contributed by atoms with Crippen LogP contribution < -0.4 is 5.32 Å². The van der Waals surface area contributed by atoms with E-state index >= 15 is 0 Å². The average Bonchev–Trinajstić information content (AvgIpc) is 3.20. The molecule has 0 aliphatic carbocycles. The van der Waals surface area contributed by atoms with E-state index in [1.807, 2.05) is 6.08 Å². The van der Waals surface area contributed by atoms with Crippen LogP contribution in [0.2, 0.25) is 0 Å². The van der Waals surface area contributed by atoms with Crippen LogP contribution in [0.4, 0.5) is 0 Å². The first kappa shape index (κ1) is 55.6. The lowest BCUT2D eigenvalue weighted by molar-refractivity contribution is -0.124. The third-order valence-corrected chi connectivity index (χ3v) is 11.6. The van der Waals surface area contributed by atoms with Crippen LogP contribution in [0.15, 0.2) is 36.5 Å². The number of hydrogen-bond donors (Lipinski definition) is 4. The van der Waals surface area contributed by atoms with E-state index in [0.29, 0.717) is 6.42 Å². The number of rotatable bonds is 46. The topological polar surface area (TPSA) is 89.8 Å². The fraction of sp³-hybridized carbons (Fsp3) is 0.865. The van der Waals surface area contributed by atoms with Gasteiger partial charge in [0.2, 0.25) is 5.91 Å². The maximum absolute atomic E-state index is 12.4. The summed E-state index contributed by atoms with van der Waals surface area (Å²) in [5.41, 5.74) is 0. The largest absolute Gasteiger partial charge is 0.394 e. The quantitative estimate of drug-likeness (QED) is 0.0365. The van der Waals surface area contributed by atoms with Gasteiger partial charge < -0.3 is 20.6 Å². The van der Waals surface area contributed by atoms with Crippen molar-refractivity contribution in [3.63, 3.8) is 0 Å². The molecule has 5 nitrogen and oxygen atoms in total. The molecule has 0 heterocycles. The van der Waals surface area contributed by atoms with E-state index < -0.39 is 18.2 Å². The molecule has 0 aromatic rings. The van der Waals surface area contributed by atoms with Gasteiger partial charge in [0.1, 0.15) is 0 Å². The summed E-state index contributed by atoms with van der Waals surface area (Å²) in [4.78, 5) is 12.4. The summed E-state index contributed by atoms with van der Waals surface area (Å²) in [7, 11) is 0. The highest BCUT2D eigenvalue weighted by Crippen LogP contribution is 2.16. The van der Waals surface area contributed by atoms with E-state index in [-0.39, 0.29) is 18.9 Å². The van der Waals surface area contributed by atoms with E-state index in [1.165, 1.54) is 205 Å². The molecule has 0 aromatic heterocycles. The Labute approximate surface area is 355 Å². The Bertz CT molecular complexity index is 885. The van der Waals surface area contributed by atoms with Gasteiger partial charge in [-0.25, -0.2) is 0 Å². The Morgan fingerprint density at radius 1 is 0.439 bits per heavy atom. The molecular formula is C52H99NO4. The van der Waals surface area contributed by atoms with E-state index in [0.717, 1.165) is 32.1 Å². The maximum atomic E-state index is 12.4. The molecule has 0 aliphatic heterocycles. The van der Waals surface area contributed by atoms with Crippen molar-refractivity contribution in [2.45, 2.75) is 283 Å². The minimum atomic E-state index is -0.950. The Morgan fingerprint density at radius 2 is 0.754 bits per heavy atom. The van der Waals surface area contributed by atoms with Crippen LogP contribution in [0.3, 0.4) is 0 Å². The highest BCUT2D eigenvalue weighted by Gasteiger charge is 2.20. The van der Waals surface area contributed by atoms with E-state index in [9.17, 15) is 20.1 Å². The number of unbranched alkanes of at least 4 members (excludes halogenated alkanes) is 33. The highest BCUT2D eigenvalue weighted by molar-refractivity contribution is 5.76. The van der Waals surface area contributed by atoms with E-state index in [2.05, 4.69) is 43.5 Å². The van der Waals surface area contributed by atoms with Gasteiger partial charge in [-0.05, 0) is 57.8 Å². The lowest BCUT2D eigenvalue weighted by Crippen LogP contribution is -2.45. The number of hydrogen-bond acceptors (Lipinski definition) is 4. The molecule has 3 atom stereocenters. The molecule has 0 saturated heterocycles. The number of amides is 1. The third-order valence-electron chi connectivity index (χ3n) is 11.6. The number of carbonyl (C=O) groups excluding carboxylic acids is 1. The fourth-order valence-corrected chi connectivity index (χ4v) is 7.76. The molecule has 0 spiro atoms. The Balaban J connectivity index is 3.55. The predicted octanol–water partition coefficient (Wildman–Crippen LogP) is 15.1. The van der Waals surface area contributed by atoms with Crippen LogP contribution in [-0.2, 0) is 4.79 Å². The summed E-state index contributed by atoms with van der Waals surface area (Å²) in [6.45, 7) is 4.20. The van der Waals surface area contributed by atoms with Gasteiger partial charge in [-0.1, -0.05) is 237 Å². The standard InChI is InChI=1S/C52H99NO4/c1-3-5-7-9-11-13-15-17-18-19-20-21-22-23-24-25-26-27-28-29-30-31-32-34-35-37-39-41-43-45-49(55)47-52(57)53-50(48-54)51(56)46-44-42-40-38-36-33-16-14-12-10-8-6-4-2/h23-24,36,38,44,46,49-51,54-56H,3-22,25-35,37,39-43,45,47-48H2,1-2H3,(H,53,57)/b24-23-,38-36+,46-44+. The second-order valence-corrected chi connectivity index (χ2v) is 17.4. The summed E-state index contributed by atoms with van der Waals surface area (Å²) in [5, 5.41) is 33.2. The van der Waals surface area contributed by atoms with Crippen LogP contribution in [-0.4, -0.2) is 46.1 Å². The fourth-order valence-electron chi connectivity index (χ4n) is 7.76. The Morgan fingerprint density at radius 3 is 1.12 bits per heavy atom. The molecule has 0 saturated carbocycles. The number of carbonyl (C=O) groups is 1. The molecule has 0 aromatic carbocycles. The molecule has 4 N–H and O–H groups in total. The molecule has 0 rings (SSSR count). The van der Waals surface area contributed by atoms with Crippen LogP contribution in [0.1, 0.15) is 264 Å². The molecule has 3 unspecified atom stereocenters. The van der Waals surface area contributed by atoms with Gasteiger partial charge >= 0.3 is 0 Å². The maximum Gasteiger partial charge on any atom is 0.222 e. The number of aliphatic hydroxyl groups excluding tert-OH is 3. The van der Waals surface area contributed by atoms with Crippen molar-refractivity contribution < 1.29 is 20.1 Å². The lowest BCUT2D eigenvalue weighted by Gasteiger charge is -2.21. The first-order valence-electron chi connectivity index (χ1n) is 25.3. The third kappa shape index (κ3) is 44.0. The van der Waals surface area contributed by atoms with Crippen molar-refractivity contribution >= 4 is 5.91 Å². The van der Waals surface area contributed by atoms with Gasteiger partial charge in [-0.3, -0.25) is 4.79 Å². The van der Waals surface area contributed by atoms with Crippen molar-refractivity contribution in [2.24, 2.45) is 0 Å². The first-order valence-corrected chi connectivity index (χ1v) is 25.3. The van der Waals surface area contributed by atoms with Crippen molar-refractivity contribution in [2.75, 3.05) is 6.61 Å². The minimum absolute atomic E-state index is 0.00700. The molecule has 336 valence electrons. The van der Waals surface area contributed by atoms with E-state index in [4.69, 9.17) is 0 Å². The highest BCUT2D eigenvalue weighted by atomic mass is 16.3. The molecule has 1 amide bonds. The first-order chi connectivity index (χ1) is 28.0. The van der Waals surface area contributed by atoms with Crippen LogP contribution >= 0.6 is 0 Å². The second kappa shape index (κ2) is 47.3. The Kier molecular flexibility index (Phi) is 46.1. The zero-order valence-electron chi connectivity index (χ0n) is 38.2. The van der Waals surface area contributed by atoms with Crippen molar-refractivity contribution in [3.05, 3.63) is 36.5 Å². The lowest BCUT2D eigenvalue weighted by atomic mass is 10.0. The summed E-state index contributed by atoms with van der Waals surface area (Å²) in [6.07, 6.45) is 60.4. The molecule has 57 heavy (non-hydrogen) atoms. The average molecular weight is 802 g/mol. The smallest absolute Gasteiger partial charge is 0.222 e. The van der Waals surface area contributed by atoms with Crippen molar-refractivity contribution in [1.82, 2.24) is 5.32 Å². The van der Waals surface area contributed by atoms with Gasteiger partial charge in [0.25, 0.3) is 0 Å². The number of nitrogens with one attached hydrogen (secondary N) is 1. The summed E-state index contributed by atoms with van der Waals surface area (Å²) >= 11 is 0. The van der Waals surface area contributed by atoms with Gasteiger partial charge in [-0.15, -0.1) is 0 Å². The number of aliphatic hydroxyl groups is 3. The zero-order chi connectivity index (χ0) is 41.5. The normalized spacial score (nSPS) is 13.7. The van der Waals surface area contributed by atoms with Crippen LogP contribution in [0.25, 0.3) is 0 Å². The van der Waals surface area contributed by atoms with Crippen LogP contribution in [0, 0.1) is 0 Å². The van der Waals surface area contributed by atoms with E-state index in [1.54, 1.807) is 6.08 Å². The van der Waals surface area contributed by atoms with Gasteiger partial charge in [0, 0.05) is 0 Å². The molecule has 0 fully saturated rings. The molecule has 0 bridgehead atoms. The van der Waals surface area contributed by atoms with Gasteiger partial charge in [0.05, 0.1) is 31.3 Å². The number of allylic oxidation sites excluding steroid dienone is 5. The molecule has 0 radical (unpaired) electrons. The summed E-state index contributed by atoms with van der Waals surface area (Å²) in [6, 6.07) is -0.759. The molecular weight excluding hydrogens is 703 g/mol. The second-order valence-electron chi connectivity index (χ2n) is 17.4. The summed E-state index contributed by atoms with van der Waals surface area (Å²) < 4.78 is 0. The zero-order valence-corrected chi connectivity index (χ0v) is 38.2. The predicted molar refractivity (Wildman–Crippen MR) is 250 cm³/mol. The minimum Gasteiger partial charge on any atom is -0.394 e. The summed E-state index contributed by atoms with van der Waals surface area (Å²) in [5.74, 6) is -0.324. The van der Waals surface area contributed by atoms with Crippen LogP contribution in [0.5, 0.6) is 0 Å². The molecule has 5 heteroatoms. The Hall–Kier alpha value is -1.43. The van der Waals surface area contributed by atoms with Gasteiger partial charge in [0.15, 0.2) is 0 Å². The SMILES string of the molecule is CCCCCCCCC/C=C/CC/C=C/C(O)C(CO)NC(=O)CC(O)CCCCCCCCCCCCCCC/C=C\CCCCCCCCCCCCCC. The van der Waals surface area contributed by atoms with Gasteiger partial charge in [-0.2, -0.15) is 0 Å². The van der Waals surface area contributed by atoms with Crippen molar-refractivity contribution in [1.29, 1.82) is 0 Å². The monoisotopic (exact) mass is 802 g/mol. The van der Waals surface area contributed by atoms with Crippen molar-refractivity contribution in [3.8, 4) is 0 Å². The molecule has 0 aliphatic rings.